The van der Waals surface area contributed by atoms with Crippen molar-refractivity contribution < 1.29 is 33.0 Å². The second kappa shape index (κ2) is 13.2. The molecule has 0 bridgehead atoms. The number of para-hydroxylation sites is 2. The number of hydrogen-bond donors (Lipinski definition) is 1. The van der Waals surface area contributed by atoms with Crippen molar-refractivity contribution in [1.82, 2.24) is 5.32 Å². The topological polar surface area (TPSA) is 120 Å². The average Bonchev–Trinajstić information content (AvgIpc) is 3.41. The molecule has 0 aliphatic carbocycles. The number of nitrogens with one attached hydrogen (secondary N) is 1. The Morgan fingerprint density at radius 3 is 2.33 bits per heavy atom. The van der Waals surface area contributed by atoms with Gasteiger partial charge in [0.15, 0.2) is 29.6 Å². The Bertz CT molecular complexity index is 1240. The molecule has 36 heavy (non-hydrogen) atoms. The molecular weight excluding hydrogens is 464 g/mol. The van der Waals surface area contributed by atoms with E-state index in [0.717, 1.165) is 0 Å². The number of ether oxygens (including phenoxy) is 4. The minimum absolute atomic E-state index is 0.102. The minimum Gasteiger partial charge on any atom is -0.490 e. The molecule has 1 aromatic heterocycles. The van der Waals surface area contributed by atoms with Crippen molar-refractivity contribution >= 4 is 18.0 Å². The van der Waals surface area contributed by atoms with E-state index in [1.807, 2.05) is 13.0 Å². The van der Waals surface area contributed by atoms with Crippen LogP contribution < -0.4 is 24.3 Å². The maximum absolute atomic E-state index is 12.4. The van der Waals surface area contributed by atoms with E-state index in [9.17, 15) is 14.9 Å². The molecule has 9 nitrogen and oxygen atoms in total. The van der Waals surface area contributed by atoms with E-state index in [1.165, 1.54) is 18.4 Å². The number of nitriles is 1. The third-order valence-corrected chi connectivity index (χ3v) is 4.67. The lowest BCUT2D eigenvalue weighted by Crippen LogP contribution is -2.23. The molecule has 3 rings (SSSR count). The lowest BCUT2D eigenvalue weighted by molar-refractivity contribution is -0.136. The second-order valence-corrected chi connectivity index (χ2v) is 7.21. The monoisotopic (exact) mass is 490 g/mol. The van der Waals surface area contributed by atoms with Crippen LogP contribution in [0.25, 0.3) is 6.08 Å². The Morgan fingerprint density at radius 2 is 1.67 bits per heavy atom. The number of furan rings is 1. The van der Waals surface area contributed by atoms with Crippen molar-refractivity contribution in [3.05, 3.63) is 77.8 Å². The Morgan fingerprint density at radius 1 is 0.944 bits per heavy atom. The molecule has 0 aliphatic rings. The van der Waals surface area contributed by atoms with E-state index in [2.05, 4.69) is 5.32 Å². The average molecular weight is 491 g/mol. The van der Waals surface area contributed by atoms with Gasteiger partial charge in [-0.05, 0) is 61.9 Å². The van der Waals surface area contributed by atoms with E-state index in [4.69, 9.17) is 23.4 Å². The van der Waals surface area contributed by atoms with Crippen LogP contribution in [0, 0.1) is 11.3 Å². The summed E-state index contributed by atoms with van der Waals surface area (Å²) in [5.41, 5.74) is 0.417. The fourth-order valence-corrected chi connectivity index (χ4v) is 3.09. The third kappa shape index (κ3) is 7.40. The van der Waals surface area contributed by atoms with Crippen LogP contribution in [0.3, 0.4) is 0 Å². The van der Waals surface area contributed by atoms with Gasteiger partial charge in [-0.1, -0.05) is 18.2 Å². The Balaban J connectivity index is 1.67. The molecule has 0 radical (unpaired) electrons. The SMILES string of the molecule is CCOc1ccccc1OCC(=O)Oc1ccc(/C=C(\C#N)C(=O)NCc2ccco2)cc1OCC. The van der Waals surface area contributed by atoms with Gasteiger partial charge in [-0.25, -0.2) is 4.79 Å². The molecule has 2 aromatic carbocycles. The van der Waals surface area contributed by atoms with Crippen LogP contribution in [-0.2, 0) is 16.1 Å². The molecule has 186 valence electrons. The largest absolute Gasteiger partial charge is 0.490 e. The second-order valence-electron chi connectivity index (χ2n) is 7.21. The van der Waals surface area contributed by atoms with Gasteiger partial charge in [-0.15, -0.1) is 0 Å². The number of rotatable bonds is 12. The highest BCUT2D eigenvalue weighted by atomic mass is 16.6. The summed E-state index contributed by atoms with van der Waals surface area (Å²) in [6.07, 6.45) is 2.91. The number of hydrogen-bond acceptors (Lipinski definition) is 8. The van der Waals surface area contributed by atoms with Crippen LogP contribution in [0.15, 0.2) is 70.9 Å². The predicted octanol–water partition coefficient (Wildman–Crippen LogP) is 4.28. The molecule has 0 saturated heterocycles. The first kappa shape index (κ1) is 25.9. The highest BCUT2D eigenvalue weighted by molar-refractivity contribution is 6.01. The van der Waals surface area contributed by atoms with Crippen LogP contribution in [0.4, 0.5) is 0 Å². The normalized spacial score (nSPS) is 10.8. The Hall–Kier alpha value is -4.71. The van der Waals surface area contributed by atoms with E-state index in [-0.39, 0.29) is 30.2 Å². The van der Waals surface area contributed by atoms with Gasteiger partial charge in [-0.2, -0.15) is 5.26 Å². The Kier molecular flexibility index (Phi) is 9.53. The number of amides is 1. The summed E-state index contributed by atoms with van der Waals surface area (Å²) in [6, 6.07) is 17.0. The molecule has 1 amide bonds. The van der Waals surface area contributed by atoms with Crippen molar-refractivity contribution in [2.24, 2.45) is 0 Å². The molecule has 3 aromatic rings. The standard InChI is InChI=1S/C27H26N2O7/c1-3-32-22-9-5-6-10-23(22)35-18-26(30)36-24-12-11-19(15-25(24)33-4-2)14-20(16-28)27(31)29-17-21-8-7-13-34-21/h5-15H,3-4,17-18H2,1-2H3,(H,29,31)/b20-14+. The van der Waals surface area contributed by atoms with Crippen LogP contribution in [-0.4, -0.2) is 31.7 Å². The van der Waals surface area contributed by atoms with Gasteiger partial charge >= 0.3 is 5.97 Å². The van der Waals surface area contributed by atoms with Gasteiger partial charge in [0.1, 0.15) is 17.4 Å². The van der Waals surface area contributed by atoms with Crippen LogP contribution >= 0.6 is 0 Å². The highest BCUT2D eigenvalue weighted by Crippen LogP contribution is 2.30. The van der Waals surface area contributed by atoms with E-state index in [0.29, 0.717) is 36.0 Å². The van der Waals surface area contributed by atoms with Gasteiger partial charge in [0.25, 0.3) is 5.91 Å². The highest BCUT2D eigenvalue weighted by Gasteiger charge is 2.15. The number of esters is 1. The summed E-state index contributed by atoms with van der Waals surface area (Å²) in [6.45, 7) is 4.22. The zero-order valence-corrected chi connectivity index (χ0v) is 20.0. The van der Waals surface area contributed by atoms with Gasteiger partial charge in [0.2, 0.25) is 0 Å². The predicted molar refractivity (Wildman–Crippen MR) is 130 cm³/mol. The van der Waals surface area contributed by atoms with Gasteiger partial charge in [0, 0.05) is 0 Å². The molecule has 0 atom stereocenters. The van der Waals surface area contributed by atoms with Crippen LogP contribution in [0.2, 0.25) is 0 Å². The molecule has 0 spiro atoms. The summed E-state index contributed by atoms with van der Waals surface area (Å²) in [5, 5.41) is 12.1. The first-order chi connectivity index (χ1) is 17.5. The summed E-state index contributed by atoms with van der Waals surface area (Å²) >= 11 is 0. The molecule has 1 N–H and O–H groups in total. The van der Waals surface area contributed by atoms with Gasteiger partial charge in [-0.3, -0.25) is 4.79 Å². The zero-order chi connectivity index (χ0) is 25.8. The van der Waals surface area contributed by atoms with E-state index in [1.54, 1.807) is 55.5 Å². The molecule has 0 saturated carbocycles. The molecular formula is C27H26N2O7. The van der Waals surface area contributed by atoms with Crippen LogP contribution in [0.5, 0.6) is 23.0 Å². The maximum atomic E-state index is 12.4. The smallest absolute Gasteiger partial charge is 0.349 e. The molecule has 0 aliphatic heterocycles. The number of carbonyl (C=O) groups excluding carboxylic acids is 2. The fraction of sp³-hybridized carbons (Fsp3) is 0.222. The number of nitrogens with zero attached hydrogens (tertiary/aromatic N) is 1. The van der Waals surface area contributed by atoms with Gasteiger partial charge < -0.3 is 28.7 Å². The molecule has 1 heterocycles. The van der Waals surface area contributed by atoms with Gasteiger partial charge in [0.05, 0.1) is 26.0 Å². The lowest BCUT2D eigenvalue weighted by Gasteiger charge is -2.13. The van der Waals surface area contributed by atoms with E-state index >= 15 is 0 Å². The molecule has 0 fully saturated rings. The summed E-state index contributed by atoms with van der Waals surface area (Å²) in [4.78, 5) is 24.8. The van der Waals surface area contributed by atoms with Crippen molar-refractivity contribution in [2.75, 3.05) is 19.8 Å². The summed E-state index contributed by atoms with van der Waals surface area (Å²) in [5.74, 6) is 0.795. The summed E-state index contributed by atoms with van der Waals surface area (Å²) < 4.78 is 27.2. The van der Waals surface area contributed by atoms with Crippen molar-refractivity contribution in [3.63, 3.8) is 0 Å². The summed E-state index contributed by atoms with van der Waals surface area (Å²) in [7, 11) is 0. The van der Waals surface area contributed by atoms with E-state index < -0.39 is 11.9 Å². The minimum atomic E-state index is -0.638. The quantitative estimate of drug-likeness (QED) is 0.173. The number of benzene rings is 2. The lowest BCUT2D eigenvalue weighted by atomic mass is 10.1. The van der Waals surface area contributed by atoms with Crippen LogP contribution in [0.1, 0.15) is 25.2 Å². The molecule has 9 heteroatoms. The third-order valence-electron chi connectivity index (χ3n) is 4.67. The maximum Gasteiger partial charge on any atom is 0.349 e. The van der Waals surface area contributed by atoms with Crippen molar-refractivity contribution in [2.45, 2.75) is 20.4 Å². The first-order valence-electron chi connectivity index (χ1n) is 11.3. The number of carbonyl (C=O) groups is 2. The Labute approximate surface area is 208 Å². The van der Waals surface area contributed by atoms with Crippen molar-refractivity contribution in [3.8, 4) is 29.1 Å². The molecule has 0 unspecified atom stereocenters. The fourth-order valence-electron chi connectivity index (χ4n) is 3.09. The first-order valence-corrected chi connectivity index (χ1v) is 11.3. The van der Waals surface area contributed by atoms with Crippen molar-refractivity contribution in [1.29, 1.82) is 5.26 Å². The zero-order valence-electron chi connectivity index (χ0n) is 20.0.